The summed E-state index contributed by atoms with van der Waals surface area (Å²) in [6, 6.07) is 13.4. The number of rotatable bonds is 9. The minimum Gasteiger partial charge on any atom is -0.490 e. The van der Waals surface area contributed by atoms with E-state index in [1.54, 1.807) is 37.3 Å². The molecule has 0 aromatic heterocycles. The quantitative estimate of drug-likeness (QED) is 0.137. The maximum Gasteiger partial charge on any atom is 0.329 e. The van der Waals surface area contributed by atoms with Crippen molar-refractivity contribution in [3.05, 3.63) is 78.6 Å². The van der Waals surface area contributed by atoms with Crippen LogP contribution in [0.15, 0.2) is 62.6 Å². The van der Waals surface area contributed by atoms with Crippen LogP contribution in [-0.2, 0) is 14.4 Å². The van der Waals surface area contributed by atoms with Crippen LogP contribution in [-0.4, -0.2) is 37.1 Å². The fourth-order valence-corrected chi connectivity index (χ4v) is 4.29. The van der Waals surface area contributed by atoms with Crippen molar-refractivity contribution in [1.29, 1.82) is 0 Å². The van der Waals surface area contributed by atoms with Crippen LogP contribution in [0.25, 0.3) is 0 Å². The van der Waals surface area contributed by atoms with Crippen molar-refractivity contribution in [2.24, 2.45) is 5.10 Å². The summed E-state index contributed by atoms with van der Waals surface area (Å²) in [5.74, 6) is -1.68. The van der Waals surface area contributed by atoms with Crippen LogP contribution in [0.2, 0.25) is 10.0 Å². The first-order valence-corrected chi connectivity index (χ1v) is 13.7. The molecule has 0 aliphatic carbocycles. The minimum atomic E-state index is -1.02. The lowest BCUT2D eigenvalue weighted by molar-refractivity contribution is -0.136. The van der Waals surface area contributed by atoms with Crippen molar-refractivity contribution in [1.82, 2.24) is 5.43 Å². The number of carbonyl (C=O) groups is 3. The molecule has 3 rings (SSSR count). The lowest BCUT2D eigenvalue weighted by atomic mass is 10.2. The van der Waals surface area contributed by atoms with Gasteiger partial charge in [-0.05, 0) is 83.4 Å². The molecule has 0 saturated carbocycles. The zero-order valence-electron chi connectivity index (χ0n) is 20.6. The van der Waals surface area contributed by atoms with E-state index in [-0.39, 0.29) is 28.2 Å². The van der Waals surface area contributed by atoms with E-state index in [9.17, 15) is 14.4 Å². The number of hydrazone groups is 1. The average Bonchev–Trinajstić information content (AvgIpc) is 2.88. The number of benzene rings is 3. The first-order chi connectivity index (χ1) is 18.6. The summed E-state index contributed by atoms with van der Waals surface area (Å²) in [5.41, 5.74) is 4.48. The Kier molecular flexibility index (Phi) is 11.2. The summed E-state index contributed by atoms with van der Waals surface area (Å²) >= 11 is 18.8. The normalized spacial score (nSPS) is 10.7. The Morgan fingerprint density at radius 1 is 0.974 bits per heavy atom. The molecular formula is C26H22Br2Cl2N4O5. The van der Waals surface area contributed by atoms with Gasteiger partial charge in [0.1, 0.15) is 0 Å². The number of hydrogen-bond donors (Lipinski definition) is 3. The molecule has 3 aromatic rings. The molecule has 39 heavy (non-hydrogen) atoms. The Labute approximate surface area is 251 Å². The Balaban J connectivity index is 1.62. The summed E-state index contributed by atoms with van der Waals surface area (Å²) < 4.78 is 12.8. The van der Waals surface area contributed by atoms with Gasteiger partial charge in [-0.2, -0.15) is 5.10 Å². The standard InChI is InChI=1S/C26H22Br2Cl2N4O5/c1-3-38-21-11-15(12-31-34-26(37)25(36)33-20-6-4-5-19(29)23(20)30)10-18(28)24(21)39-13-22(35)32-16-7-8-17(27)14(2)9-16/h4-12H,3,13H2,1-2H3,(H,32,35)(H,33,36)(H,34,37)/b31-12-. The molecule has 3 amide bonds. The Morgan fingerprint density at radius 2 is 1.74 bits per heavy atom. The number of amides is 3. The van der Waals surface area contributed by atoms with Gasteiger partial charge in [0, 0.05) is 10.2 Å². The molecule has 0 aliphatic heterocycles. The average molecular weight is 701 g/mol. The number of nitrogens with zero attached hydrogens (tertiary/aromatic N) is 1. The number of carbonyl (C=O) groups excluding carboxylic acids is 3. The topological polar surface area (TPSA) is 118 Å². The van der Waals surface area contributed by atoms with Gasteiger partial charge in [0.25, 0.3) is 5.91 Å². The summed E-state index contributed by atoms with van der Waals surface area (Å²) in [6.07, 6.45) is 1.32. The summed E-state index contributed by atoms with van der Waals surface area (Å²) in [4.78, 5) is 36.7. The third-order valence-electron chi connectivity index (χ3n) is 4.91. The molecule has 0 saturated heterocycles. The first kappa shape index (κ1) is 30.4. The van der Waals surface area contributed by atoms with Crippen LogP contribution in [0.1, 0.15) is 18.1 Å². The molecule has 0 fully saturated rings. The minimum absolute atomic E-state index is 0.111. The number of hydrogen-bond acceptors (Lipinski definition) is 6. The molecule has 0 bridgehead atoms. The van der Waals surface area contributed by atoms with Crippen molar-refractivity contribution in [3.8, 4) is 11.5 Å². The monoisotopic (exact) mass is 698 g/mol. The Bertz CT molecular complexity index is 1440. The number of halogens is 4. The van der Waals surface area contributed by atoms with Gasteiger partial charge in [-0.1, -0.05) is 45.2 Å². The van der Waals surface area contributed by atoms with Crippen LogP contribution in [0.5, 0.6) is 11.5 Å². The van der Waals surface area contributed by atoms with E-state index in [4.69, 9.17) is 32.7 Å². The SMILES string of the molecule is CCOc1cc(/C=N\NC(=O)C(=O)Nc2cccc(Cl)c2Cl)cc(Br)c1OCC(=O)Nc1ccc(Br)c(C)c1. The second-order valence-corrected chi connectivity index (χ2v) is 10.3. The van der Waals surface area contributed by atoms with E-state index in [2.05, 4.69) is 53.0 Å². The molecule has 204 valence electrons. The fourth-order valence-electron chi connectivity index (χ4n) is 3.12. The number of nitrogens with one attached hydrogen (secondary N) is 3. The predicted octanol–water partition coefficient (Wildman–Crippen LogP) is 6.33. The summed E-state index contributed by atoms with van der Waals surface area (Å²) in [6.45, 7) is 3.79. The highest BCUT2D eigenvalue weighted by Crippen LogP contribution is 2.36. The maximum absolute atomic E-state index is 12.4. The van der Waals surface area contributed by atoms with Gasteiger partial charge in [0.2, 0.25) is 0 Å². The van der Waals surface area contributed by atoms with Gasteiger partial charge >= 0.3 is 11.8 Å². The highest BCUT2D eigenvalue weighted by atomic mass is 79.9. The summed E-state index contributed by atoms with van der Waals surface area (Å²) in [5, 5.41) is 9.31. The van der Waals surface area contributed by atoms with E-state index in [1.165, 1.54) is 12.3 Å². The lowest BCUT2D eigenvalue weighted by Gasteiger charge is -2.15. The molecule has 0 heterocycles. The van der Waals surface area contributed by atoms with Crippen LogP contribution in [0.4, 0.5) is 11.4 Å². The van der Waals surface area contributed by atoms with Crippen molar-refractivity contribution in [3.63, 3.8) is 0 Å². The Hall–Kier alpha value is -3.12. The van der Waals surface area contributed by atoms with E-state index < -0.39 is 11.8 Å². The van der Waals surface area contributed by atoms with Gasteiger partial charge in [-0.25, -0.2) is 5.43 Å². The number of aryl methyl sites for hydroxylation is 1. The zero-order chi connectivity index (χ0) is 28.5. The third-order valence-corrected chi connectivity index (χ3v) is 7.20. The third kappa shape index (κ3) is 8.69. The largest absolute Gasteiger partial charge is 0.490 e. The van der Waals surface area contributed by atoms with Gasteiger partial charge in [0.05, 0.1) is 33.0 Å². The molecule has 0 spiro atoms. The lowest BCUT2D eigenvalue weighted by Crippen LogP contribution is -2.32. The predicted molar refractivity (Wildman–Crippen MR) is 159 cm³/mol. The molecule has 3 N–H and O–H groups in total. The first-order valence-electron chi connectivity index (χ1n) is 11.3. The second kappa shape index (κ2) is 14.3. The molecule has 0 aliphatic rings. The van der Waals surface area contributed by atoms with E-state index in [0.717, 1.165) is 10.0 Å². The van der Waals surface area contributed by atoms with E-state index in [1.807, 2.05) is 19.1 Å². The highest BCUT2D eigenvalue weighted by molar-refractivity contribution is 9.10. The van der Waals surface area contributed by atoms with Crippen LogP contribution < -0.4 is 25.5 Å². The smallest absolute Gasteiger partial charge is 0.329 e. The van der Waals surface area contributed by atoms with Crippen molar-refractivity contribution in [2.45, 2.75) is 13.8 Å². The molecule has 9 nitrogen and oxygen atoms in total. The molecular weight excluding hydrogens is 679 g/mol. The maximum atomic E-state index is 12.4. The van der Waals surface area contributed by atoms with Crippen molar-refractivity contribution < 1.29 is 23.9 Å². The second-order valence-electron chi connectivity index (χ2n) is 7.82. The Morgan fingerprint density at radius 3 is 2.46 bits per heavy atom. The molecule has 0 radical (unpaired) electrons. The number of anilines is 2. The van der Waals surface area contributed by atoms with Gasteiger partial charge < -0.3 is 20.1 Å². The fraction of sp³-hybridized carbons (Fsp3) is 0.154. The number of ether oxygens (including phenoxy) is 2. The van der Waals surface area contributed by atoms with Crippen LogP contribution in [0, 0.1) is 6.92 Å². The zero-order valence-corrected chi connectivity index (χ0v) is 25.3. The molecule has 13 heteroatoms. The van der Waals surface area contributed by atoms with Crippen LogP contribution in [0.3, 0.4) is 0 Å². The van der Waals surface area contributed by atoms with E-state index >= 15 is 0 Å². The van der Waals surface area contributed by atoms with Crippen molar-refractivity contribution >= 4 is 90.4 Å². The summed E-state index contributed by atoms with van der Waals surface area (Å²) in [7, 11) is 0. The van der Waals surface area contributed by atoms with Gasteiger partial charge in [-0.15, -0.1) is 0 Å². The van der Waals surface area contributed by atoms with Crippen molar-refractivity contribution in [2.75, 3.05) is 23.8 Å². The van der Waals surface area contributed by atoms with Crippen LogP contribution >= 0.6 is 55.1 Å². The van der Waals surface area contributed by atoms with Gasteiger partial charge in [0.15, 0.2) is 18.1 Å². The van der Waals surface area contributed by atoms with Gasteiger partial charge in [-0.3, -0.25) is 14.4 Å². The van der Waals surface area contributed by atoms with E-state index in [0.29, 0.717) is 33.8 Å². The highest BCUT2D eigenvalue weighted by Gasteiger charge is 2.17. The molecule has 3 aromatic carbocycles. The molecule has 0 unspecified atom stereocenters. The molecule has 0 atom stereocenters.